The van der Waals surface area contributed by atoms with Gasteiger partial charge in [-0.1, -0.05) is 82.9 Å². The minimum absolute atomic E-state index is 0.0751. The number of para-hydroxylation sites is 1. The van der Waals surface area contributed by atoms with Crippen molar-refractivity contribution < 1.29 is 33.6 Å². The predicted octanol–water partition coefficient (Wildman–Crippen LogP) is 5.44. The van der Waals surface area contributed by atoms with Crippen LogP contribution >= 0.6 is 0 Å². The number of hydrogen-bond donors (Lipinski definition) is 3. The van der Waals surface area contributed by atoms with Gasteiger partial charge in [0.05, 0.1) is 19.1 Å². The third kappa shape index (κ3) is 10.0. The van der Waals surface area contributed by atoms with Gasteiger partial charge in [-0.2, -0.15) is 0 Å². The lowest BCUT2D eigenvalue weighted by atomic mass is 10.1. The molecule has 9 nitrogen and oxygen atoms in total. The van der Waals surface area contributed by atoms with Crippen LogP contribution in [0.1, 0.15) is 97.5 Å². The van der Waals surface area contributed by atoms with Crippen LogP contribution in [0.2, 0.25) is 0 Å². The number of esters is 1. The van der Waals surface area contributed by atoms with E-state index in [0.717, 1.165) is 12.8 Å². The van der Waals surface area contributed by atoms with E-state index in [1.165, 1.54) is 51.4 Å². The van der Waals surface area contributed by atoms with Gasteiger partial charge in [-0.15, -0.1) is 0 Å². The van der Waals surface area contributed by atoms with Crippen molar-refractivity contribution in [1.29, 1.82) is 0 Å². The van der Waals surface area contributed by atoms with Crippen LogP contribution in [0.25, 0.3) is 0 Å². The first-order valence-corrected chi connectivity index (χ1v) is 14.7. The van der Waals surface area contributed by atoms with E-state index in [1.807, 2.05) is 6.07 Å². The molecule has 2 heterocycles. The van der Waals surface area contributed by atoms with Crippen LogP contribution in [0.5, 0.6) is 0 Å². The molecule has 0 spiro atoms. The summed E-state index contributed by atoms with van der Waals surface area (Å²) in [6.07, 6.45) is 9.54. The van der Waals surface area contributed by atoms with Crippen LogP contribution in [-0.4, -0.2) is 60.1 Å². The van der Waals surface area contributed by atoms with Crippen LogP contribution < -0.4 is 10.6 Å². The fraction of sp³-hybridized carbons (Fsp3) is 0.733. The molecule has 9 heteroatoms. The van der Waals surface area contributed by atoms with Gasteiger partial charge in [-0.3, -0.25) is 4.79 Å². The van der Waals surface area contributed by atoms with E-state index in [0.29, 0.717) is 17.9 Å². The highest BCUT2D eigenvalue weighted by Gasteiger charge is 2.56. The van der Waals surface area contributed by atoms with E-state index in [9.17, 15) is 14.7 Å². The topological polar surface area (TPSA) is 115 Å². The number of aliphatic hydroxyl groups is 1. The second-order valence-electron chi connectivity index (χ2n) is 11.2. The van der Waals surface area contributed by atoms with Gasteiger partial charge in [0, 0.05) is 5.69 Å². The zero-order valence-corrected chi connectivity index (χ0v) is 24.1. The van der Waals surface area contributed by atoms with Gasteiger partial charge in [0.1, 0.15) is 18.3 Å². The summed E-state index contributed by atoms with van der Waals surface area (Å²) in [7, 11) is 0. The fourth-order valence-corrected chi connectivity index (χ4v) is 5.24. The Bertz CT molecular complexity index is 909. The summed E-state index contributed by atoms with van der Waals surface area (Å²) in [5.41, 5.74) is 1.21. The molecule has 1 aromatic carbocycles. The maximum atomic E-state index is 12.8. The molecule has 3 N–H and O–H groups in total. The first-order valence-electron chi connectivity index (χ1n) is 14.7. The lowest BCUT2D eigenvalue weighted by Crippen LogP contribution is -2.48. The lowest BCUT2D eigenvalue weighted by molar-refractivity contribution is -0.222. The summed E-state index contributed by atoms with van der Waals surface area (Å²) in [5.74, 6) is -1.14. The molecule has 0 aromatic heterocycles. The average Bonchev–Trinajstić information content (AvgIpc) is 3.36. The molecule has 0 bridgehead atoms. The fourth-order valence-electron chi connectivity index (χ4n) is 5.24. The molecule has 2 saturated heterocycles. The first-order chi connectivity index (χ1) is 18.7. The maximum Gasteiger partial charge on any atom is 0.319 e. The Morgan fingerprint density at radius 1 is 0.974 bits per heavy atom. The van der Waals surface area contributed by atoms with Crippen LogP contribution in [0.3, 0.4) is 0 Å². The molecule has 2 amide bonds. The predicted molar refractivity (Wildman–Crippen MR) is 149 cm³/mol. The normalized spacial score (nSPS) is 24.2. The SMILES string of the molecule is CCCCCCCCCCCCOC(=O)Cc1ccccc1NC(=O)N[C@@H](C)[C@H]1O[C@H](O)[C@H]2OC(C)(C)O[C@@H]12. The monoisotopic (exact) mass is 548 g/mol. The van der Waals surface area contributed by atoms with Crippen molar-refractivity contribution in [1.82, 2.24) is 5.32 Å². The van der Waals surface area contributed by atoms with Crippen molar-refractivity contribution in [3.8, 4) is 0 Å². The van der Waals surface area contributed by atoms with E-state index >= 15 is 0 Å². The Balaban J connectivity index is 1.36. The van der Waals surface area contributed by atoms with Crippen LogP contribution in [0.15, 0.2) is 24.3 Å². The Labute approximate surface area is 233 Å². The van der Waals surface area contributed by atoms with Gasteiger partial charge >= 0.3 is 12.0 Å². The standard InChI is InChI=1S/C30H48N2O7/c1-5-6-7-8-9-10-11-12-13-16-19-36-24(33)20-22-17-14-15-18-23(22)32-29(35)31-21(2)25-26-27(28(34)37-25)39-30(3,4)38-26/h14-15,17-18,21,25-28,34H,5-13,16,19-20H2,1-4H3,(H2,31,32,35)/t21-,25+,26-,27-,28-/m0/s1. The molecule has 3 rings (SSSR count). The largest absolute Gasteiger partial charge is 0.465 e. The summed E-state index contributed by atoms with van der Waals surface area (Å²) in [4.78, 5) is 25.2. The van der Waals surface area contributed by atoms with Gasteiger partial charge in [-0.05, 0) is 38.8 Å². The van der Waals surface area contributed by atoms with E-state index < -0.39 is 42.5 Å². The number of amides is 2. The maximum absolute atomic E-state index is 12.8. The number of unbranched alkanes of at least 4 members (excludes halogenated alkanes) is 9. The molecule has 39 heavy (non-hydrogen) atoms. The van der Waals surface area contributed by atoms with Crippen molar-refractivity contribution in [2.45, 2.75) is 135 Å². The smallest absolute Gasteiger partial charge is 0.319 e. The number of nitrogens with one attached hydrogen (secondary N) is 2. The number of fused-ring (bicyclic) bond motifs is 1. The molecule has 2 aliphatic rings. The zero-order chi connectivity index (χ0) is 28.3. The van der Waals surface area contributed by atoms with E-state index in [-0.39, 0.29) is 12.4 Å². The summed E-state index contributed by atoms with van der Waals surface area (Å²) in [5, 5.41) is 15.9. The number of aliphatic hydroxyl groups excluding tert-OH is 1. The molecular formula is C30H48N2O7. The molecule has 0 radical (unpaired) electrons. The molecule has 5 atom stereocenters. The number of ether oxygens (including phenoxy) is 4. The highest BCUT2D eigenvalue weighted by atomic mass is 16.8. The summed E-state index contributed by atoms with van der Waals surface area (Å²) >= 11 is 0. The Kier molecular flexibility index (Phi) is 12.5. The molecule has 1 aromatic rings. The second-order valence-corrected chi connectivity index (χ2v) is 11.2. The van der Waals surface area contributed by atoms with Crippen LogP contribution in [0, 0.1) is 0 Å². The second kappa shape index (κ2) is 15.6. The van der Waals surface area contributed by atoms with Crippen molar-refractivity contribution in [2.75, 3.05) is 11.9 Å². The van der Waals surface area contributed by atoms with Gasteiger partial charge < -0.3 is 34.7 Å². The van der Waals surface area contributed by atoms with E-state index in [4.69, 9.17) is 18.9 Å². The highest BCUT2D eigenvalue weighted by molar-refractivity contribution is 5.91. The van der Waals surface area contributed by atoms with Crippen molar-refractivity contribution >= 4 is 17.7 Å². The van der Waals surface area contributed by atoms with Crippen LogP contribution in [-0.2, 0) is 30.2 Å². The van der Waals surface area contributed by atoms with Crippen molar-refractivity contribution in [3.05, 3.63) is 29.8 Å². The Morgan fingerprint density at radius 2 is 1.59 bits per heavy atom. The molecule has 2 fully saturated rings. The number of anilines is 1. The first kappa shape index (κ1) is 31.3. The van der Waals surface area contributed by atoms with Crippen LogP contribution in [0.4, 0.5) is 10.5 Å². The summed E-state index contributed by atoms with van der Waals surface area (Å²) in [6, 6.07) is 6.25. The molecule has 0 unspecified atom stereocenters. The lowest BCUT2D eigenvalue weighted by Gasteiger charge is -2.27. The summed E-state index contributed by atoms with van der Waals surface area (Å²) in [6.45, 7) is 7.99. The average molecular weight is 549 g/mol. The van der Waals surface area contributed by atoms with Gasteiger partial charge in [-0.25, -0.2) is 4.79 Å². The van der Waals surface area contributed by atoms with Gasteiger partial charge in [0.25, 0.3) is 0 Å². The van der Waals surface area contributed by atoms with Gasteiger partial charge in [0.15, 0.2) is 12.1 Å². The molecule has 0 saturated carbocycles. The number of hydrogen-bond acceptors (Lipinski definition) is 7. The molecule has 0 aliphatic carbocycles. The minimum Gasteiger partial charge on any atom is -0.465 e. The number of rotatable bonds is 16. The van der Waals surface area contributed by atoms with Gasteiger partial charge in [0.2, 0.25) is 0 Å². The third-order valence-electron chi connectivity index (χ3n) is 7.28. The minimum atomic E-state index is -1.12. The highest BCUT2D eigenvalue weighted by Crippen LogP contribution is 2.38. The quantitative estimate of drug-likeness (QED) is 0.186. The Morgan fingerprint density at radius 3 is 2.28 bits per heavy atom. The molecule has 220 valence electrons. The number of carbonyl (C=O) groups is 2. The Hall–Kier alpha value is -2.20. The number of benzene rings is 1. The number of carbonyl (C=O) groups excluding carboxylic acids is 2. The zero-order valence-electron chi connectivity index (χ0n) is 24.1. The molecular weight excluding hydrogens is 500 g/mol. The van der Waals surface area contributed by atoms with E-state index in [2.05, 4.69) is 17.6 Å². The van der Waals surface area contributed by atoms with Crippen molar-refractivity contribution in [2.24, 2.45) is 0 Å². The molecule has 2 aliphatic heterocycles. The van der Waals surface area contributed by atoms with Crippen molar-refractivity contribution in [3.63, 3.8) is 0 Å². The third-order valence-corrected chi connectivity index (χ3v) is 7.28. The number of urea groups is 1. The van der Waals surface area contributed by atoms with E-state index in [1.54, 1.807) is 39.0 Å². The summed E-state index contributed by atoms with van der Waals surface area (Å²) < 4.78 is 22.7.